The van der Waals surface area contributed by atoms with Gasteiger partial charge in [0.25, 0.3) is 0 Å². The number of aromatic nitrogens is 4. The maximum Gasteiger partial charge on any atom is 0.243 e. The number of fused-ring (bicyclic) bond motifs is 1. The molecule has 1 atom stereocenters. The highest BCUT2D eigenvalue weighted by molar-refractivity contribution is 5.85. The molecule has 2 rings (SSSR count). The fourth-order valence-electron chi connectivity index (χ4n) is 2.40. The summed E-state index contributed by atoms with van der Waals surface area (Å²) in [6, 6.07) is -0.448. The van der Waals surface area contributed by atoms with E-state index in [4.69, 9.17) is 5.73 Å². The second-order valence-corrected chi connectivity index (χ2v) is 6.33. The van der Waals surface area contributed by atoms with Gasteiger partial charge in [-0.3, -0.25) is 9.36 Å². The molecular formula is C14H24N6O. The molecule has 0 aliphatic rings. The number of imidazole rings is 1. The quantitative estimate of drug-likeness (QED) is 0.899. The molecule has 3 N–H and O–H groups in total. The highest BCUT2D eigenvalue weighted by Gasteiger charge is 2.26. The van der Waals surface area contributed by atoms with Crippen molar-refractivity contribution in [2.24, 2.45) is 0 Å². The average molecular weight is 292 g/mol. The minimum atomic E-state index is -0.448. The number of hydrogen-bond acceptors (Lipinski definition) is 4. The first kappa shape index (κ1) is 15.3. The molecular weight excluding hydrogens is 268 g/mol. The highest BCUT2D eigenvalue weighted by atomic mass is 16.2. The second-order valence-electron chi connectivity index (χ2n) is 6.33. The van der Waals surface area contributed by atoms with Gasteiger partial charge in [-0.05, 0) is 41.5 Å². The van der Waals surface area contributed by atoms with Crippen molar-refractivity contribution in [2.75, 3.05) is 5.73 Å². The molecule has 2 aromatic heterocycles. The summed E-state index contributed by atoms with van der Waals surface area (Å²) in [7, 11) is 0. The summed E-state index contributed by atoms with van der Waals surface area (Å²) in [4.78, 5) is 16.8. The Morgan fingerprint density at radius 3 is 2.57 bits per heavy atom. The van der Waals surface area contributed by atoms with E-state index in [1.54, 1.807) is 4.57 Å². The Kier molecular flexibility index (Phi) is 3.69. The molecule has 1 amide bonds. The number of hydrogen-bond donors (Lipinski definition) is 2. The number of nitrogen functional groups attached to an aromatic ring is 1. The first-order valence-electron chi connectivity index (χ1n) is 7.18. The van der Waals surface area contributed by atoms with Crippen LogP contribution in [0.3, 0.4) is 0 Å². The molecule has 0 aromatic carbocycles. The predicted octanol–water partition coefficient (Wildman–Crippen LogP) is 1.62. The molecule has 0 saturated heterocycles. The van der Waals surface area contributed by atoms with Gasteiger partial charge in [0.1, 0.15) is 11.6 Å². The van der Waals surface area contributed by atoms with E-state index in [0.29, 0.717) is 12.5 Å². The van der Waals surface area contributed by atoms with Crippen LogP contribution in [0.2, 0.25) is 0 Å². The van der Waals surface area contributed by atoms with Crippen molar-refractivity contribution in [1.29, 1.82) is 0 Å². The van der Waals surface area contributed by atoms with Gasteiger partial charge < -0.3 is 11.1 Å². The average Bonchev–Trinajstić information content (AvgIpc) is 2.83. The third-order valence-corrected chi connectivity index (χ3v) is 3.34. The van der Waals surface area contributed by atoms with Crippen LogP contribution in [0, 0.1) is 6.92 Å². The molecule has 0 radical (unpaired) electrons. The number of nitrogens with zero attached hydrogens (tertiary/aromatic N) is 4. The smallest absolute Gasteiger partial charge is 0.243 e. The van der Waals surface area contributed by atoms with E-state index in [0.717, 1.165) is 16.9 Å². The zero-order valence-electron chi connectivity index (χ0n) is 13.6. The Hall–Kier alpha value is -2.05. The van der Waals surface area contributed by atoms with Gasteiger partial charge in [-0.15, -0.1) is 0 Å². The lowest BCUT2D eigenvalue weighted by atomic mass is 10.1. The van der Waals surface area contributed by atoms with Crippen LogP contribution in [-0.2, 0) is 11.3 Å². The number of carbonyl (C=O) groups excluding carboxylic acids is 1. The van der Waals surface area contributed by atoms with Crippen molar-refractivity contribution in [2.45, 2.75) is 59.7 Å². The van der Waals surface area contributed by atoms with E-state index in [1.807, 2.05) is 46.2 Å². The van der Waals surface area contributed by atoms with Gasteiger partial charge >= 0.3 is 0 Å². The molecule has 0 aliphatic carbocycles. The molecule has 1 unspecified atom stereocenters. The molecule has 0 saturated carbocycles. The first-order chi connectivity index (χ1) is 9.65. The van der Waals surface area contributed by atoms with Crippen LogP contribution in [-0.4, -0.2) is 30.8 Å². The van der Waals surface area contributed by atoms with Crippen molar-refractivity contribution in [3.8, 4) is 0 Å². The van der Waals surface area contributed by atoms with Crippen LogP contribution in [0.15, 0.2) is 0 Å². The van der Waals surface area contributed by atoms with Crippen molar-refractivity contribution >= 4 is 23.0 Å². The Labute approximate surface area is 124 Å². The summed E-state index contributed by atoms with van der Waals surface area (Å²) in [5, 5.41) is 7.40. The zero-order chi connectivity index (χ0) is 15.9. The van der Waals surface area contributed by atoms with E-state index in [-0.39, 0.29) is 11.4 Å². The predicted molar refractivity (Wildman–Crippen MR) is 82.9 cm³/mol. The number of nitrogens with two attached hydrogens (primary N) is 1. The van der Waals surface area contributed by atoms with E-state index in [2.05, 4.69) is 15.4 Å². The van der Waals surface area contributed by atoms with Crippen LogP contribution in [0.1, 0.15) is 46.4 Å². The van der Waals surface area contributed by atoms with Crippen LogP contribution in [0.25, 0.3) is 11.2 Å². The highest BCUT2D eigenvalue weighted by Crippen LogP contribution is 2.25. The van der Waals surface area contributed by atoms with Gasteiger partial charge in [0.05, 0.1) is 5.69 Å². The normalized spacial score (nSPS) is 13.6. The summed E-state index contributed by atoms with van der Waals surface area (Å²) in [5.41, 5.74) is 8.10. The van der Waals surface area contributed by atoms with Crippen LogP contribution in [0.5, 0.6) is 0 Å². The molecule has 0 spiro atoms. The van der Waals surface area contributed by atoms with Gasteiger partial charge in [0.2, 0.25) is 11.9 Å². The number of anilines is 1. The Morgan fingerprint density at radius 1 is 1.43 bits per heavy atom. The summed E-state index contributed by atoms with van der Waals surface area (Å²) >= 11 is 0. The number of amides is 1. The maximum atomic E-state index is 12.4. The van der Waals surface area contributed by atoms with Crippen molar-refractivity contribution in [3.05, 3.63) is 5.69 Å². The van der Waals surface area contributed by atoms with Gasteiger partial charge in [-0.1, -0.05) is 0 Å². The van der Waals surface area contributed by atoms with E-state index >= 15 is 0 Å². The third-order valence-electron chi connectivity index (χ3n) is 3.34. The first-order valence-corrected chi connectivity index (χ1v) is 7.18. The fraction of sp³-hybridized carbons (Fsp3) is 0.643. The van der Waals surface area contributed by atoms with Gasteiger partial charge in [-0.2, -0.15) is 5.10 Å². The molecule has 0 bridgehead atoms. The molecule has 21 heavy (non-hydrogen) atoms. The number of nitrogens with one attached hydrogen (secondary N) is 1. The summed E-state index contributed by atoms with van der Waals surface area (Å²) in [6.07, 6.45) is 0. The zero-order valence-corrected chi connectivity index (χ0v) is 13.6. The lowest BCUT2D eigenvalue weighted by Gasteiger charge is -2.24. The van der Waals surface area contributed by atoms with Gasteiger partial charge in [-0.25, -0.2) is 9.67 Å². The second kappa shape index (κ2) is 5.05. The Balaban J connectivity index is 2.50. The summed E-state index contributed by atoms with van der Waals surface area (Å²) in [5.74, 6) is 0.249. The van der Waals surface area contributed by atoms with Crippen molar-refractivity contribution < 1.29 is 4.79 Å². The van der Waals surface area contributed by atoms with E-state index in [9.17, 15) is 4.79 Å². The maximum absolute atomic E-state index is 12.4. The van der Waals surface area contributed by atoms with E-state index in [1.165, 1.54) is 0 Å². The van der Waals surface area contributed by atoms with Crippen LogP contribution in [0.4, 0.5) is 5.95 Å². The summed E-state index contributed by atoms with van der Waals surface area (Å²) < 4.78 is 3.58. The van der Waals surface area contributed by atoms with Crippen LogP contribution < -0.4 is 11.1 Å². The largest absolute Gasteiger partial charge is 0.369 e. The van der Waals surface area contributed by atoms with Gasteiger partial charge in [0.15, 0.2) is 5.65 Å². The van der Waals surface area contributed by atoms with Crippen LogP contribution >= 0.6 is 0 Å². The molecule has 2 heterocycles. The lowest BCUT2D eigenvalue weighted by molar-refractivity contribution is -0.125. The molecule has 0 fully saturated rings. The standard InChI is InChI=1S/C14H24N6O/c1-7-19-12-10(8(2)18-19)16-13(15)20(12)9(3)11(21)17-14(4,5)6/h9H,7H2,1-6H3,(H2,15,16)(H,17,21). The van der Waals surface area contributed by atoms with Gasteiger partial charge in [0, 0.05) is 12.1 Å². The van der Waals surface area contributed by atoms with Crippen molar-refractivity contribution in [3.63, 3.8) is 0 Å². The fourth-order valence-corrected chi connectivity index (χ4v) is 2.40. The topological polar surface area (TPSA) is 90.8 Å². The number of carbonyl (C=O) groups is 1. The Morgan fingerprint density at radius 2 is 2.05 bits per heavy atom. The molecule has 116 valence electrons. The summed E-state index contributed by atoms with van der Waals surface area (Å²) in [6.45, 7) is 12.3. The molecule has 0 aliphatic heterocycles. The molecule has 7 nitrogen and oxygen atoms in total. The SMILES string of the molecule is CCn1nc(C)c2nc(N)n(C(C)C(=O)NC(C)(C)C)c21. The third kappa shape index (κ3) is 2.72. The minimum absolute atomic E-state index is 0.0880. The lowest BCUT2D eigenvalue weighted by Crippen LogP contribution is -2.44. The number of aryl methyl sites for hydroxylation is 2. The molecule has 2 aromatic rings. The Bertz CT molecular complexity index is 676. The minimum Gasteiger partial charge on any atom is -0.369 e. The van der Waals surface area contributed by atoms with E-state index < -0.39 is 6.04 Å². The monoisotopic (exact) mass is 292 g/mol. The molecule has 7 heteroatoms. The van der Waals surface area contributed by atoms with Crippen molar-refractivity contribution in [1.82, 2.24) is 24.6 Å². The number of rotatable bonds is 3.